The molecular weight excluding hydrogens is 216 g/mol. The van der Waals surface area contributed by atoms with Crippen LogP contribution >= 0.6 is 0 Å². The van der Waals surface area contributed by atoms with Gasteiger partial charge in [0.2, 0.25) is 0 Å². The molecule has 7 heteroatoms. The molecule has 16 heavy (non-hydrogen) atoms. The number of nitrogens with two attached hydrogens (primary N) is 1. The Morgan fingerprint density at radius 2 is 2.06 bits per heavy atom. The molecule has 7 nitrogen and oxygen atoms in total. The lowest BCUT2D eigenvalue weighted by molar-refractivity contribution is -0.385. The Morgan fingerprint density at radius 1 is 1.44 bits per heavy atom. The molecule has 0 saturated carbocycles. The lowest BCUT2D eigenvalue weighted by atomic mass is 10.1. The Kier molecular flexibility index (Phi) is 3.29. The van der Waals surface area contributed by atoms with E-state index in [0.717, 1.165) is 13.2 Å². The number of hydrogen-bond acceptors (Lipinski definition) is 6. The summed E-state index contributed by atoms with van der Waals surface area (Å²) in [5, 5.41) is 10.7. The summed E-state index contributed by atoms with van der Waals surface area (Å²) in [5.74, 6) is -0.920. The van der Waals surface area contributed by atoms with Gasteiger partial charge in [0, 0.05) is 6.07 Å². The summed E-state index contributed by atoms with van der Waals surface area (Å²) in [6.07, 6.45) is 0. The summed E-state index contributed by atoms with van der Waals surface area (Å²) in [4.78, 5) is 21.4. The van der Waals surface area contributed by atoms with E-state index in [0.29, 0.717) is 0 Å². The lowest BCUT2D eigenvalue weighted by Gasteiger charge is -2.09. The summed E-state index contributed by atoms with van der Waals surface area (Å²) in [7, 11) is 2.39. The van der Waals surface area contributed by atoms with E-state index in [4.69, 9.17) is 10.5 Å². The van der Waals surface area contributed by atoms with Crippen LogP contribution in [0.4, 0.5) is 11.4 Å². The van der Waals surface area contributed by atoms with Crippen molar-refractivity contribution in [1.82, 2.24) is 0 Å². The molecular formula is C9H10N2O5. The minimum Gasteiger partial charge on any atom is -0.493 e. The number of nitro groups is 1. The molecule has 0 fully saturated rings. The maximum Gasteiger partial charge on any atom is 0.348 e. The Bertz CT molecular complexity index is 444. The molecule has 0 bridgehead atoms. The van der Waals surface area contributed by atoms with Crippen molar-refractivity contribution in [2.75, 3.05) is 20.0 Å². The number of esters is 1. The monoisotopic (exact) mass is 226 g/mol. The minimum absolute atomic E-state index is 0.0546. The van der Waals surface area contributed by atoms with Gasteiger partial charge in [-0.3, -0.25) is 10.1 Å². The van der Waals surface area contributed by atoms with E-state index in [1.807, 2.05) is 0 Å². The summed E-state index contributed by atoms with van der Waals surface area (Å²) >= 11 is 0. The summed E-state index contributed by atoms with van der Waals surface area (Å²) in [6, 6.07) is 2.42. The summed E-state index contributed by atoms with van der Waals surface area (Å²) in [5.41, 5.74) is 4.98. The highest BCUT2D eigenvalue weighted by molar-refractivity contribution is 5.99. The number of nitrogen functional groups attached to an aromatic ring is 1. The van der Waals surface area contributed by atoms with Gasteiger partial charge in [-0.05, 0) is 6.07 Å². The number of nitrogens with zero attached hydrogens (tertiary/aromatic N) is 1. The van der Waals surface area contributed by atoms with Gasteiger partial charge in [-0.15, -0.1) is 0 Å². The van der Waals surface area contributed by atoms with Crippen molar-refractivity contribution >= 4 is 17.3 Å². The number of anilines is 1. The van der Waals surface area contributed by atoms with Crippen LogP contribution in [0.25, 0.3) is 0 Å². The Labute approximate surface area is 90.9 Å². The smallest absolute Gasteiger partial charge is 0.348 e. The molecule has 0 aromatic heterocycles. The van der Waals surface area contributed by atoms with Crippen molar-refractivity contribution in [3.63, 3.8) is 0 Å². The average Bonchev–Trinajstić information content (AvgIpc) is 2.27. The van der Waals surface area contributed by atoms with E-state index in [1.165, 1.54) is 13.2 Å². The number of ether oxygens (including phenoxy) is 2. The van der Waals surface area contributed by atoms with Gasteiger partial charge in [0.15, 0.2) is 11.3 Å². The number of carbonyl (C=O) groups is 1. The van der Waals surface area contributed by atoms with E-state index in [9.17, 15) is 14.9 Å². The molecule has 0 aliphatic carbocycles. The van der Waals surface area contributed by atoms with Crippen LogP contribution in [-0.2, 0) is 4.74 Å². The number of nitro benzene ring substituents is 1. The quantitative estimate of drug-likeness (QED) is 0.356. The van der Waals surface area contributed by atoms with Crippen molar-refractivity contribution in [1.29, 1.82) is 0 Å². The van der Waals surface area contributed by atoms with Crippen LogP contribution in [0.2, 0.25) is 0 Å². The molecule has 0 heterocycles. The highest BCUT2D eigenvalue weighted by Crippen LogP contribution is 2.34. The predicted octanol–water partition coefficient (Wildman–Crippen LogP) is 0.972. The molecule has 0 aliphatic rings. The lowest BCUT2D eigenvalue weighted by Crippen LogP contribution is -2.09. The molecule has 1 aromatic rings. The topological polar surface area (TPSA) is 105 Å². The number of carbonyl (C=O) groups excluding carboxylic acids is 1. The maximum absolute atomic E-state index is 11.4. The first kappa shape index (κ1) is 11.8. The first-order chi connectivity index (χ1) is 7.52. The molecule has 0 amide bonds. The van der Waals surface area contributed by atoms with Crippen molar-refractivity contribution < 1.29 is 19.2 Å². The fraction of sp³-hybridized carbons (Fsp3) is 0.222. The highest BCUT2D eigenvalue weighted by atomic mass is 16.6. The second-order valence-corrected chi connectivity index (χ2v) is 2.83. The maximum atomic E-state index is 11.4. The van der Waals surface area contributed by atoms with E-state index < -0.39 is 16.6 Å². The zero-order valence-corrected chi connectivity index (χ0v) is 8.72. The van der Waals surface area contributed by atoms with Gasteiger partial charge < -0.3 is 15.2 Å². The largest absolute Gasteiger partial charge is 0.493 e. The summed E-state index contributed by atoms with van der Waals surface area (Å²) < 4.78 is 9.31. The molecule has 0 spiro atoms. The normalized spacial score (nSPS) is 9.62. The SMILES string of the molecule is COC(=O)c1c([N+](=O)[O-])ccc(N)c1OC. The standard InChI is InChI=1S/C9H10N2O5/c1-15-8-5(10)3-4-6(11(13)14)7(8)9(12)16-2/h3-4H,10H2,1-2H3. The van der Waals surface area contributed by atoms with Crippen LogP contribution < -0.4 is 10.5 Å². The molecule has 2 N–H and O–H groups in total. The highest BCUT2D eigenvalue weighted by Gasteiger charge is 2.27. The molecule has 0 atom stereocenters. The first-order valence-electron chi connectivity index (χ1n) is 4.22. The van der Waals surface area contributed by atoms with E-state index in [-0.39, 0.29) is 17.0 Å². The zero-order chi connectivity index (χ0) is 12.3. The van der Waals surface area contributed by atoms with Crippen molar-refractivity contribution in [3.05, 3.63) is 27.8 Å². The molecule has 0 saturated heterocycles. The van der Waals surface area contributed by atoms with Crippen LogP contribution in [0.1, 0.15) is 10.4 Å². The van der Waals surface area contributed by atoms with Crippen LogP contribution in [0.5, 0.6) is 5.75 Å². The van der Waals surface area contributed by atoms with Gasteiger partial charge >= 0.3 is 5.97 Å². The molecule has 1 aromatic carbocycles. The average molecular weight is 226 g/mol. The fourth-order valence-corrected chi connectivity index (χ4v) is 1.26. The number of rotatable bonds is 3. The van der Waals surface area contributed by atoms with E-state index >= 15 is 0 Å². The molecule has 0 unspecified atom stereocenters. The van der Waals surface area contributed by atoms with Crippen LogP contribution in [-0.4, -0.2) is 25.1 Å². The minimum atomic E-state index is -0.865. The van der Waals surface area contributed by atoms with Crippen LogP contribution in [0.15, 0.2) is 12.1 Å². The van der Waals surface area contributed by atoms with Crippen molar-refractivity contribution in [2.24, 2.45) is 0 Å². The van der Waals surface area contributed by atoms with Gasteiger partial charge in [-0.1, -0.05) is 0 Å². The first-order valence-corrected chi connectivity index (χ1v) is 4.22. The second-order valence-electron chi connectivity index (χ2n) is 2.83. The predicted molar refractivity (Wildman–Crippen MR) is 55.4 cm³/mol. The molecule has 1 rings (SSSR count). The molecule has 0 radical (unpaired) electrons. The second kappa shape index (κ2) is 4.47. The number of hydrogen-bond donors (Lipinski definition) is 1. The van der Waals surface area contributed by atoms with Gasteiger partial charge in [0.1, 0.15) is 0 Å². The summed E-state index contributed by atoms with van der Waals surface area (Å²) in [6.45, 7) is 0. The van der Waals surface area contributed by atoms with Gasteiger partial charge in [-0.25, -0.2) is 4.79 Å². The Morgan fingerprint density at radius 3 is 2.50 bits per heavy atom. The van der Waals surface area contributed by atoms with Gasteiger partial charge in [0.05, 0.1) is 24.8 Å². The van der Waals surface area contributed by atoms with Crippen molar-refractivity contribution in [3.8, 4) is 5.75 Å². The van der Waals surface area contributed by atoms with Crippen LogP contribution in [0, 0.1) is 10.1 Å². The third-order valence-corrected chi connectivity index (χ3v) is 1.96. The van der Waals surface area contributed by atoms with E-state index in [1.54, 1.807) is 0 Å². The molecule has 86 valence electrons. The number of methoxy groups -OCH3 is 2. The Balaban J connectivity index is 3.53. The third-order valence-electron chi connectivity index (χ3n) is 1.96. The molecule has 0 aliphatic heterocycles. The van der Waals surface area contributed by atoms with Crippen molar-refractivity contribution in [2.45, 2.75) is 0 Å². The van der Waals surface area contributed by atoms with Gasteiger partial charge in [0.25, 0.3) is 5.69 Å². The van der Waals surface area contributed by atoms with Crippen LogP contribution in [0.3, 0.4) is 0 Å². The third kappa shape index (κ3) is 1.88. The Hall–Kier alpha value is -2.31. The van der Waals surface area contributed by atoms with Gasteiger partial charge in [-0.2, -0.15) is 0 Å². The zero-order valence-electron chi connectivity index (χ0n) is 8.72. The van der Waals surface area contributed by atoms with E-state index in [2.05, 4.69) is 4.74 Å². The number of benzene rings is 1. The fourth-order valence-electron chi connectivity index (χ4n) is 1.26.